The van der Waals surface area contributed by atoms with Gasteiger partial charge in [-0.15, -0.1) is 0 Å². The fraction of sp³-hybridized carbons (Fsp3) is 0.450. The summed E-state index contributed by atoms with van der Waals surface area (Å²) in [7, 11) is 0. The largest absolute Gasteiger partial charge is 0.459 e. The molecule has 1 saturated carbocycles. The minimum absolute atomic E-state index is 0.101. The van der Waals surface area contributed by atoms with Gasteiger partial charge in [0.25, 0.3) is 5.91 Å². The quantitative estimate of drug-likeness (QED) is 0.117. The highest BCUT2D eigenvalue weighted by molar-refractivity contribution is 5.98. The Morgan fingerprint density at radius 1 is 0.944 bits per heavy atom. The Morgan fingerprint density at radius 3 is 2.26 bits per heavy atom. The zero-order valence-corrected chi connectivity index (χ0v) is 30.6. The molecule has 14 heteroatoms. The average Bonchev–Trinajstić information content (AvgIpc) is 3.65. The third kappa shape index (κ3) is 9.57. The van der Waals surface area contributed by atoms with Gasteiger partial charge in [0.15, 0.2) is 0 Å². The van der Waals surface area contributed by atoms with Crippen molar-refractivity contribution < 1.29 is 41.5 Å². The first-order valence-electron chi connectivity index (χ1n) is 18.3. The number of hydrogen-bond acceptors (Lipinski definition) is 7. The second-order valence-corrected chi connectivity index (χ2v) is 14.3. The maximum Gasteiger partial charge on any atom is 0.416 e. The van der Waals surface area contributed by atoms with Crippen LogP contribution in [0.1, 0.15) is 91.0 Å². The lowest BCUT2D eigenvalue weighted by Gasteiger charge is -2.41. The number of nitrogens with zero attached hydrogens (tertiary/aromatic N) is 1. The van der Waals surface area contributed by atoms with E-state index in [9.17, 15) is 32.3 Å². The summed E-state index contributed by atoms with van der Waals surface area (Å²) >= 11 is 0. The van der Waals surface area contributed by atoms with Crippen LogP contribution in [0.15, 0.2) is 60.7 Å². The van der Waals surface area contributed by atoms with Crippen molar-refractivity contribution in [3.8, 4) is 0 Å². The second-order valence-electron chi connectivity index (χ2n) is 14.3. The van der Waals surface area contributed by atoms with Crippen LogP contribution in [0.25, 0.3) is 0 Å². The van der Waals surface area contributed by atoms with Gasteiger partial charge in [-0.25, -0.2) is 9.18 Å². The molecule has 3 amide bonds. The molecule has 3 atom stereocenters. The van der Waals surface area contributed by atoms with Gasteiger partial charge in [-0.05, 0) is 80.0 Å². The van der Waals surface area contributed by atoms with E-state index in [0.29, 0.717) is 30.0 Å². The summed E-state index contributed by atoms with van der Waals surface area (Å²) in [6.45, 7) is 4.02. The van der Waals surface area contributed by atoms with E-state index >= 15 is 4.39 Å². The second kappa shape index (κ2) is 17.4. The Bertz CT molecular complexity index is 1810. The number of hydrogen-bond donors (Lipinski definition) is 4. The number of nitrogens with two attached hydrogens (primary N) is 1. The molecular weight excluding hydrogens is 706 g/mol. The van der Waals surface area contributed by atoms with Gasteiger partial charge in [-0.2, -0.15) is 13.2 Å². The molecule has 3 aromatic rings. The van der Waals surface area contributed by atoms with Crippen molar-refractivity contribution in [1.82, 2.24) is 10.2 Å². The number of benzene rings is 3. The number of esters is 1. The molecule has 5 N–H and O–H groups in total. The van der Waals surface area contributed by atoms with Crippen LogP contribution in [-0.4, -0.2) is 53.8 Å². The standard InChI is InChI=1S/C40H47F4N5O5/c1-23(2)35(48-33(50)21-45)39(53)54-22-26-15-18-29(20-31(26)40(42,43)44)47-37(51)30-11-7-19-49(38(52)34-24(3)8-6-12-32(34)41)36(30)25-13-16-28(17-14-25)46-27-9-4-5-10-27/h6,8,12-18,20,23,27,30,35-36,46H,4-5,7,9-11,19,21-22,45H2,1-3H3,(H,47,51)(H,48,50)/t30-,35?,36-/m0/s1. The number of alkyl halides is 3. The van der Waals surface area contributed by atoms with Crippen molar-refractivity contribution in [2.45, 2.75) is 90.2 Å². The molecule has 0 bridgehead atoms. The molecule has 1 saturated heterocycles. The minimum atomic E-state index is -4.88. The van der Waals surface area contributed by atoms with Gasteiger partial charge < -0.3 is 31.3 Å². The number of piperidine rings is 1. The lowest BCUT2D eigenvalue weighted by atomic mass is 9.83. The maximum absolute atomic E-state index is 15.1. The zero-order chi connectivity index (χ0) is 39.2. The van der Waals surface area contributed by atoms with E-state index in [2.05, 4.69) is 16.0 Å². The van der Waals surface area contributed by atoms with Gasteiger partial charge in [-0.3, -0.25) is 14.4 Å². The van der Waals surface area contributed by atoms with Crippen LogP contribution in [0.5, 0.6) is 0 Å². The van der Waals surface area contributed by atoms with E-state index in [-0.39, 0.29) is 29.9 Å². The highest BCUT2D eigenvalue weighted by Gasteiger charge is 2.41. The Morgan fingerprint density at radius 2 is 1.63 bits per heavy atom. The summed E-state index contributed by atoms with van der Waals surface area (Å²) in [5.41, 5.74) is 5.53. The number of halogens is 4. The van der Waals surface area contributed by atoms with Crippen LogP contribution in [0, 0.1) is 24.6 Å². The number of nitrogens with one attached hydrogen (secondary N) is 3. The number of anilines is 2. The van der Waals surface area contributed by atoms with Gasteiger partial charge in [0, 0.05) is 29.5 Å². The number of carbonyl (C=O) groups excluding carboxylic acids is 4. The summed E-state index contributed by atoms with van der Waals surface area (Å²) < 4.78 is 63.4. The molecule has 0 spiro atoms. The summed E-state index contributed by atoms with van der Waals surface area (Å²) in [4.78, 5) is 54.1. The van der Waals surface area contributed by atoms with Crippen LogP contribution in [0.2, 0.25) is 0 Å². The number of likely N-dealkylation sites (tertiary alicyclic amines) is 1. The molecule has 1 aliphatic carbocycles. The first-order chi connectivity index (χ1) is 25.7. The molecule has 2 aliphatic rings. The van der Waals surface area contributed by atoms with Gasteiger partial charge in [-0.1, -0.05) is 57.0 Å². The lowest BCUT2D eigenvalue weighted by molar-refractivity contribution is -0.152. The fourth-order valence-corrected chi connectivity index (χ4v) is 7.29. The summed E-state index contributed by atoms with van der Waals surface area (Å²) in [5, 5.41) is 8.56. The van der Waals surface area contributed by atoms with Crippen molar-refractivity contribution in [1.29, 1.82) is 0 Å². The number of carbonyl (C=O) groups is 4. The van der Waals surface area contributed by atoms with Gasteiger partial charge in [0.1, 0.15) is 18.5 Å². The molecule has 0 radical (unpaired) electrons. The van der Waals surface area contributed by atoms with Crippen molar-refractivity contribution in [3.63, 3.8) is 0 Å². The molecule has 1 aliphatic heterocycles. The van der Waals surface area contributed by atoms with Gasteiger partial charge in [0.2, 0.25) is 11.8 Å². The molecule has 290 valence electrons. The van der Waals surface area contributed by atoms with Crippen LogP contribution in [0.3, 0.4) is 0 Å². The Labute approximate surface area is 312 Å². The van der Waals surface area contributed by atoms with E-state index in [4.69, 9.17) is 10.5 Å². The Kier molecular flexibility index (Phi) is 13.0. The van der Waals surface area contributed by atoms with Crippen LogP contribution in [-0.2, 0) is 31.9 Å². The molecule has 10 nitrogen and oxygen atoms in total. The first-order valence-corrected chi connectivity index (χ1v) is 18.3. The molecule has 3 aromatic carbocycles. The predicted molar refractivity (Wildman–Crippen MR) is 196 cm³/mol. The number of amides is 3. The number of rotatable bonds is 12. The van der Waals surface area contributed by atoms with Crippen LogP contribution < -0.4 is 21.7 Å². The molecular formula is C40H47F4N5O5. The molecule has 54 heavy (non-hydrogen) atoms. The molecule has 0 aromatic heterocycles. The highest BCUT2D eigenvalue weighted by atomic mass is 19.4. The van der Waals surface area contributed by atoms with Gasteiger partial charge in [0.05, 0.1) is 29.6 Å². The average molecular weight is 754 g/mol. The van der Waals surface area contributed by atoms with Crippen LogP contribution >= 0.6 is 0 Å². The summed E-state index contributed by atoms with van der Waals surface area (Å²) in [6.07, 6.45) is 0.260. The van der Waals surface area contributed by atoms with Crippen LogP contribution in [0.4, 0.5) is 28.9 Å². The monoisotopic (exact) mass is 753 g/mol. The van der Waals surface area contributed by atoms with Crippen molar-refractivity contribution in [2.24, 2.45) is 17.6 Å². The number of ether oxygens (including phenoxy) is 1. The SMILES string of the molecule is Cc1cccc(F)c1C(=O)N1CCC[C@H](C(=O)Nc2ccc(COC(=O)C(NC(=O)CN)C(C)C)c(C(F)(F)F)c2)[C@@H]1c1ccc(NC2CCCC2)cc1. The summed E-state index contributed by atoms with van der Waals surface area (Å²) in [6, 6.07) is 13.3. The maximum atomic E-state index is 15.1. The smallest absolute Gasteiger partial charge is 0.416 e. The third-order valence-corrected chi connectivity index (χ3v) is 10.1. The number of aryl methyl sites for hydroxylation is 1. The first kappa shape index (κ1) is 40.2. The molecule has 2 fully saturated rings. The molecule has 5 rings (SSSR count). The normalized spacial score (nSPS) is 18.3. The van der Waals surface area contributed by atoms with Gasteiger partial charge >= 0.3 is 12.1 Å². The Balaban J connectivity index is 1.41. The van der Waals surface area contributed by atoms with E-state index in [1.54, 1.807) is 26.8 Å². The van der Waals surface area contributed by atoms with E-state index in [0.717, 1.165) is 43.5 Å². The van der Waals surface area contributed by atoms with Crippen molar-refractivity contribution in [2.75, 3.05) is 23.7 Å². The topological polar surface area (TPSA) is 143 Å². The predicted octanol–water partition coefficient (Wildman–Crippen LogP) is 6.88. The summed E-state index contributed by atoms with van der Waals surface area (Å²) in [5.74, 6) is -4.75. The van der Waals surface area contributed by atoms with E-state index in [1.807, 2.05) is 24.3 Å². The van der Waals surface area contributed by atoms with E-state index < -0.39 is 71.8 Å². The third-order valence-electron chi connectivity index (χ3n) is 10.1. The molecule has 1 unspecified atom stereocenters. The van der Waals surface area contributed by atoms with Crippen molar-refractivity contribution >= 4 is 35.1 Å². The Hall–Kier alpha value is -4.98. The zero-order valence-electron chi connectivity index (χ0n) is 30.6. The highest BCUT2D eigenvalue weighted by Crippen LogP contribution is 2.40. The minimum Gasteiger partial charge on any atom is -0.459 e. The van der Waals surface area contributed by atoms with E-state index in [1.165, 1.54) is 23.1 Å². The molecule has 1 heterocycles. The van der Waals surface area contributed by atoms with Crippen molar-refractivity contribution in [3.05, 3.63) is 94.3 Å². The fourth-order valence-electron chi connectivity index (χ4n) is 7.29. The lowest BCUT2D eigenvalue weighted by Crippen LogP contribution is -2.47.